The summed E-state index contributed by atoms with van der Waals surface area (Å²) in [5.74, 6) is 3.13. The van der Waals surface area contributed by atoms with Crippen LogP contribution >= 0.6 is 0 Å². The lowest BCUT2D eigenvalue weighted by Gasteiger charge is -2.46. The van der Waals surface area contributed by atoms with E-state index in [1.807, 2.05) is 0 Å². The fourth-order valence-electron chi connectivity index (χ4n) is 6.43. The lowest BCUT2D eigenvalue weighted by atomic mass is 9.77. The van der Waals surface area contributed by atoms with E-state index in [0.717, 1.165) is 59.0 Å². The molecule has 0 amide bonds. The van der Waals surface area contributed by atoms with Gasteiger partial charge in [-0.2, -0.15) is 0 Å². The summed E-state index contributed by atoms with van der Waals surface area (Å²) in [4.78, 5) is 15.1. The molecule has 3 atom stereocenters. The molecule has 0 aliphatic carbocycles. The second-order valence-corrected chi connectivity index (χ2v) is 12.8. The summed E-state index contributed by atoms with van der Waals surface area (Å²) in [6.45, 7) is 16.4. The van der Waals surface area contributed by atoms with Crippen molar-refractivity contribution in [2.75, 3.05) is 53.6 Å². The minimum atomic E-state index is 0.435. The first-order valence-corrected chi connectivity index (χ1v) is 14.8. The van der Waals surface area contributed by atoms with Gasteiger partial charge in [-0.15, -0.1) is 0 Å². The minimum absolute atomic E-state index is 0.435. The molecule has 0 saturated carbocycles. The third kappa shape index (κ3) is 6.30. The van der Waals surface area contributed by atoms with E-state index < -0.39 is 0 Å². The van der Waals surface area contributed by atoms with Crippen LogP contribution in [-0.4, -0.2) is 73.4 Å². The molecule has 3 fully saturated rings. The highest BCUT2D eigenvalue weighted by atomic mass is 16.5. The Kier molecular flexibility index (Phi) is 8.83. The highest BCUT2D eigenvalue weighted by Gasteiger charge is 2.38. The van der Waals surface area contributed by atoms with Gasteiger partial charge in [-0.1, -0.05) is 39.8 Å². The molecule has 3 saturated heterocycles. The fraction of sp³-hybridized carbons (Fsp3) is 0.688. The van der Waals surface area contributed by atoms with Gasteiger partial charge in [0.25, 0.3) is 0 Å². The van der Waals surface area contributed by atoms with E-state index in [1.54, 1.807) is 0 Å². The predicted octanol–water partition coefficient (Wildman–Crippen LogP) is 5.54. The third-order valence-electron chi connectivity index (χ3n) is 8.78. The molecule has 0 N–H and O–H groups in total. The van der Waals surface area contributed by atoms with E-state index in [1.165, 1.54) is 40.3 Å². The Bertz CT molecular complexity index is 1070. The van der Waals surface area contributed by atoms with Crippen LogP contribution in [0.2, 0.25) is 0 Å². The van der Waals surface area contributed by atoms with Crippen molar-refractivity contribution in [1.82, 2.24) is 19.8 Å². The van der Waals surface area contributed by atoms with E-state index in [-0.39, 0.29) is 0 Å². The molecule has 6 nitrogen and oxygen atoms in total. The van der Waals surface area contributed by atoms with Crippen molar-refractivity contribution in [2.24, 2.45) is 11.8 Å². The van der Waals surface area contributed by atoms with Gasteiger partial charge in [0.15, 0.2) is 0 Å². The van der Waals surface area contributed by atoms with Crippen molar-refractivity contribution in [3.63, 3.8) is 0 Å². The Morgan fingerprint density at radius 1 is 0.816 bits per heavy atom. The molecule has 2 aromatic rings. The van der Waals surface area contributed by atoms with Crippen LogP contribution in [0.25, 0.3) is 0 Å². The minimum Gasteiger partial charge on any atom is -0.381 e. The Labute approximate surface area is 230 Å². The number of likely N-dealkylation sites (tertiary alicyclic amines) is 1. The number of ether oxygens (including phenoxy) is 2. The Morgan fingerprint density at radius 2 is 1.45 bits per heavy atom. The molecule has 3 aliphatic rings. The zero-order valence-electron chi connectivity index (χ0n) is 24.4. The van der Waals surface area contributed by atoms with Gasteiger partial charge in [-0.25, -0.2) is 0 Å². The molecule has 6 heteroatoms. The topological polar surface area (TPSA) is 50.7 Å². The van der Waals surface area contributed by atoms with Crippen LogP contribution in [0.4, 0.5) is 0 Å². The summed E-state index contributed by atoms with van der Waals surface area (Å²) in [7, 11) is 4.26. The maximum atomic E-state index is 6.24. The van der Waals surface area contributed by atoms with Crippen molar-refractivity contribution in [3.05, 3.63) is 58.2 Å². The molecule has 0 spiro atoms. The van der Waals surface area contributed by atoms with E-state index in [9.17, 15) is 0 Å². The predicted molar refractivity (Wildman–Crippen MR) is 153 cm³/mol. The number of aromatic nitrogens is 2. The van der Waals surface area contributed by atoms with Gasteiger partial charge < -0.3 is 14.4 Å². The Morgan fingerprint density at radius 3 is 2.05 bits per heavy atom. The summed E-state index contributed by atoms with van der Waals surface area (Å²) >= 11 is 0. The van der Waals surface area contributed by atoms with Gasteiger partial charge in [-0.05, 0) is 73.9 Å². The molecule has 0 aromatic carbocycles. The van der Waals surface area contributed by atoms with E-state index in [2.05, 4.69) is 75.9 Å². The number of rotatable bonds is 9. The van der Waals surface area contributed by atoms with E-state index >= 15 is 0 Å². The molecule has 0 bridgehead atoms. The van der Waals surface area contributed by atoms with Crippen molar-refractivity contribution < 1.29 is 9.47 Å². The summed E-state index contributed by atoms with van der Waals surface area (Å²) in [6.07, 6.45) is 2.31. The molecule has 2 aromatic heterocycles. The lowest BCUT2D eigenvalue weighted by Crippen LogP contribution is -2.51. The highest BCUT2D eigenvalue weighted by Crippen LogP contribution is 2.38. The zero-order valence-corrected chi connectivity index (χ0v) is 24.4. The first kappa shape index (κ1) is 27.7. The molecular formula is C32H48N4O2. The molecule has 5 rings (SSSR count). The van der Waals surface area contributed by atoms with Crippen LogP contribution in [0.1, 0.15) is 98.1 Å². The quantitative estimate of drug-likeness (QED) is 0.433. The van der Waals surface area contributed by atoms with Crippen molar-refractivity contribution in [1.29, 1.82) is 0 Å². The molecule has 208 valence electrons. The Hall–Kier alpha value is -1.86. The van der Waals surface area contributed by atoms with Crippen molar-refractivity contribution in [2.45, 2.75) is 77.3 Å². The lowest BCUT2D eigenvalue weighted by molar-refractivity contribution is -0.0347. The molecule has 38 heavy (non-hydrogen) atoms. The van der Waals surface area contributed by atoms with Gasteiger partial charge in [0, 0.05) is 62.6 Å². The SMILES string of the molecule is CC(C)c1ccc(C2CCOC2)c(CN2CC(C3COC[C@H](c4ccc(C(C)C)nc4CN(C)C)C3)C2)n1. The maximum absolute atomic E-state index is 6.24. The van der Waals surface area contributed by atoms with Gasteiger partial charge in [0.1, 0.15) is 0 Å². The zero-order chi connectivity index (χ0) is 26.8. The first-order valence-electron chi connectivity index (χ1n) is 14.8. The summed E-state index contributed by atoms with van der Waals surface area (Å²) in [6, 6.07) is 9.14. The maximum Gasteiger partial charge on any atom is 0.0583 e. The molecule has 5 heterocycles. The largest absolute Gasteiger partial charge is 0.381 e. The average Bonchev–Trinajstić information content (AvgIpc) is 3.40. The van der Waals surface area contributed by atoms with Crippen LogP contribution in [0.5, 0.6) is 0 Å². The number of hydrogen-bond donors (Lipinski definition) is 0. The van der Waals surface area contributed by atoms with Crippen LogP contribution < -0.4 is 0 Å². The first-order chi connectivity index (χ1) is 18.3. The molecule has 2 unspecified atom stereocenters. The highest BCUT2D eigenvalue weighted by molar-refractivity contribution is 5.30. The van der Waals surface area contributed by atoms with Crippen LogP contribution in [0.3, 0.4) is 0 Å². The molecule has 0 radical (unpaired) electrons. The summed E-state index contributed by atoms with van der Waals surface area (Å²) in [5.41, 5.74) is 7.68. The van der Waals surface area contributed by atoms with Crippen LogP contribution in [-0.2, 0) is 22.6 Å². The van der Waals surface area contributed by atoms with Crippen LogP contribution in [0.15, 0.2) is 24.3 Å². The summed E-state index contributed by atoms with van der Waals surface area (Å²) < 4.78 is 12.0. The molecular weight excluding hydrogens is 472 g/mol. The van der Waals surface area contributed by atoms with Crippen molar-refractivity contribution >= 4 is 0 Å². The standard InChI is InChI=1S/C32H48N4O2/c1-21(2)29-10-8-28(31(33-29)16-35(5)6)25-13-24(19-38-20-25)26-14-36(15-26)17-32-27(23-11-12-37-18-23)7-9-30(34-32)22(3)4/h7-10,21-26H,11-20H2,1-6H3/t23?,24?,25-/m1/s1. The number of hydrogen-bond acceptors (Lipinski definition) is 6. The smallest absolute Gasteiger partial charge is 0.0583 e. The van der Waals surface area contributed by atoms with Gasteiger partial charge in [-0.3, -0.25) is 14.9 Å². The fourth-order valence-corrected chi connectivity index (χ4v) is 6.43. The number of nitrogens with zero attached hydrogens (tertiary/aromatic N) is 4. The van der Waals surface area contributed by atoms with E-state index in [4.69, 9.17) is 19.4 Å². The summed E-state index contributed by atoms with van der Waals surface area (Å²) in [5, 5.41) is 0. The van der Waals surface area contributed by atoms with Gasteiger partial charge in [0.05, 0.1) is 24.6 Å². The average molecular weight is 521 g/mol. The van der Waals surface area contributed by atoms with Gasteiger partial charge >= 0.3 is 0 Å². The van der Waals surface area contributed by atoms with E-state index in [0.29, 0.717) is 35.5 Å². The van der Waals surface area contributed by atoms with Crippen LogP contribution in [0, 0.1) is 11.8 Å². The van der Waals surface area contributed by atoms with Crippen molar-refractivity contribution in [3.8, 4) is 0 Å². The second kappa shape index (κ2) is 12.1. The monoisotopic (exact) mass is 520 g/mol. The second-order valence-electron chi connectivity index (χ2n) is 12.8. The number of pyridine rings is 2. The third-order valence-corrected chi connectivity index (χ3v) is 8.78. The van der Waals surface area contributed by atoms with Gasteiger partial charge in [0.2, 0.25) is 0 Å². The normalized spacial score (nSPS) is 25.0. The molecule has 3 aliphatic heterocycles. The Balaban J connectivity index is 1.24.